The van der Waals surface area contributed by atoms with Gasteiger partial charge in [0.05, 0.1) is 16.3 Å². The Balaban J connectivity index is 2.02. The number of urea groups is 1. The number of nitrogens with zero attached hydrogens (tertiary/aromatic N) is 1. The van der Waals surface area contributed by atoms with Gasteiger partial charge >= 0.3 is 6.03 Å². The molecule has 7 heteroatoms. The van der Waals surface area contributed by atoms with Gasteiger partial charge in [-0.2, -0.15) is 0 Å². The van der Waals surface area contributed by atoms with Crippen LogP contribution >= 0.6 is 11.6 Å². The van der Waals surface area contributed by atoms with Crippen molar-refractivity contribution in [3.63, 3.8) is 0 Å². The van der Waals surface area contributed by atoms with Gasteiger partial charge in [0.1, 0.15) is 5.82 Å². The summed E-state index contributed by atoms with van der Waals surface area (Å²) in [6.45, 7) is 2.33. The highest BCUT2D eigenvalue weighted by Gasteiger charge is 2.09. The lowest BCUT2D eigenvalue weighted by molar-refractivity contribution is 0.102. The van der Waals surface area contributed by atoms with E-state index in [1.807, 2.05) is 6.92 Å². The largest absolute Gasteiger partial charge is 0.338 e. The molecule has 0 aliphatic heterocycles. The zero-order valence-electron chi connectivity index (χ0n) is 11.9. The summed E-state index contributed by atoms with van der Waals surface area (Å²) in [5.74, 6) is 0.0328. The number of nitrogens with one attached hydrogen (secondary N) is 3. The van der Waals surface area contributed by atoms with Crippen LogP contribution in [-0.4, -0.2) is 23.5 Å². The normalized spacial score (nSPS) is 9.91. The van der Waals surface area contributed by atoms with Gasteiger partial charge in [0.15, 0.2) is 0 Å². The molecule has 0 radical (unpaired) electrons. The fraction of sp³-hybridized carbons (Fsp3) is 0.133. The Morgan fingerprint density at radius 1 is 1.14 bits per heavy atom. The highest BCUT2D eigenvalue weighted by Crippen LogP contribution is 2.21. The standard InChI is InChI=1S/C15H15ClN4O2/c1-2-17-15(22)20-13-8-7-10(9-18-13)14(21)19-12-6-4-3-5-11(12)16/h3-9H,2H2,1H3,(H,19,21)(H2,17,18,20,22). The number of para-hydroxylation sites is 1. The number of pyridine rings is 1. The molecule has 0 saturated carbocycles. The van der Waals surface area contributed by atoms with E-state index in [9.17, 15) is 9.59 Å². The minimum absolute atomic E-state index is 0.329. The molecule has 0 bridgehead atoms. The number of hydrogen-bond acceptors (Lipinski definition) is 3. The van der Waals surface area contributed by atoms with Gasteiger partial charge in [-0.25, -0.2) is 9.78 Å². The summed E-state index contributed by atoms with van der Waals surface area (Å²) in [4.78, 5) is 27.5. The Hall–Kier alpha value is -2.60. The maximum Gasteiger partial charge on any atom is 0.320 e. The van der Waals surface area contributed by atoms with Crippen molar-refractivity contribution in [1.82, 2.24) is 10.3 Å². The van der Waals surface area contributed by atoms with E-state index in [-0.39, 0.29) is 11.9 Å². The van der Waals surface area contributed by atoms with Crippen LogP contribution in [0.2, 0.25) is 5.02 Å². The molecule has 0 saturated heterocycles. The lowest BCUT2D eigenvalue weighted by Crippen LogP contribution is -2.28. The van der Waals surface area contributed by atoms with E-state index in [2.05, 4.69) is 20.9 Å². The third-order valence-electron chi connectivity index (χ3n) is 2.73. The second-order valence-corrected chi connectivity index (χ2v) is 4.76. The Morgan fingerprint density at radius 3 is 2.55 bits per heavy atom. The van der Waals surface area contributed by atoms with Gasteiger partial charge in [0, 0.05) is 12.7 Å². The van der Waals surface area contributed by atoms with E-state index in [1.165, 1.54) is 6.20 Å². The number of hydrogen-bond donors (Lipinski definition) is 3. The van der Waals surface area contributed by atoms with Crippen LogP contribution in [0.1, 0.15) is 17.3 Å². The van der Waals surface area contributed by atoms with Crippen molar-refractivity contribution in [2.75, 3.05) is 17.2 Å². The molecule has 6 nitrogen and oxygen atoms in total. The SMILES string of the molecule is CCNC(=O)Nc1ccc(C(=O)Nc2ccccc2Cl)cn1. The number of benzene rings is 1. The number of carbonyl (C=O) groups excluding carboxylic acids is 2. The van der Waals surface area contributed by atoms with Crippen LogP contribution in [0.3, 0.4) is 0 Å². The van der Waals surface area contributed by atoms with Crippen molar-refractivity contribution in [3.8, 4) is 0 Å². The van der Waals surface area contributed by atoms with Crippen LogP contribution in [0.4, 0.5) is 16.3 Å². The first-order valence-electron chi connectivity index (χ1n) is 6.67. The molecule has 0 fully saturated rings. The molecule has 0 spiro atoms. The topological polar surface area (TPSA) is 83.1 Å². The second-order valence-electron chi connectivity index (χ2n) is 4.35. The molecule has 0 aliphatic carbocycles. The van der Waals surface area contributed by atoms with E-state index in [4.69, 9.17) is 11.6 Å². The lowest BCUT2D eigenvalue weighted by Gasteiger charge is -2.08. The van der Waals surface area contributed by atoms with Crippen LogP contribution in [-0.2, 0) is 0 Å². The molecule has 1 aromatic carbocycles. The van der Waals surface area contributed by atoms with E-state index in [0.29, 0.717) is 28.6 Å². The maximum absolute atomic E-state index is 12.1. The van der Waals surface area contributed by atoms with Gasteiger partial charge in [0.2, 0.25) is 0 Å². The van der Waals surface area contributed by atoms with Crippen LogP contribution in [0.15, 0.2) is 42.6 Å². The molecule has 2 rings (SSSR count). The van der Waals surface area contributed by atoms with Crippen molar-refractivity contribution in [1.29, 1.82) is 0 Å². The number of aromatic nitrogens is 1. The Bertz CT molecular complexity index is 673. The summed E-state index contributed by atoms with van der Waals surface area (Å²) in [5.41, 5.74) is 0.889. The van der Waals surface area contributed by atoms with Crippen molar-refractivity contribution in [2.45, 2.75) is 6.92 Å². The molecular formula is C15H15ClN4O2. The Kier molecular flexibility index (Phi) is 5.32. The smallest absolute Gasteiger partial charge is 0.320 e. The van der Waals surface area contributed by atoms with E-state index in [0.717, 1.165) is 0 Å². The summed E-state index contributed by atoms with van der Waals surface area (Å²) in [6, 6.07) is 9.73. The predicted molar refractivity (Wildman–Crippen MR) is 86.3 cm³/mol. The first kappa shape index (κ1) is 15.8. The van der Waals surface area contributed by atoms with Crippen LogP contribution < -0.4 is 16.0 Å². The molecule has 1 heterocycles. The van der Waals surface area contributed by atoms with Crippen molar-refractivity contribution < 1.29 is 9.59 Å². The highest BCUT2D eigenvalue weighted by molar-refractivity contribution is 6.33. The third-order valence-corrected chi connectivity index (χ3v) is 3.06. The molecule has 114 valence electrons. The van der Waals surface area contributed by atoms with Crippen LogP contribution in [0.5, 0.6) is 0 Å². The number of carbonyl (C=O) groups is 2. The van der Waals surface area contributed by atoms with Gasteiger partial charge in [0.25, 0.3) is 5.91 Å². The molecule has 1 aromatic heterocycles. The van der Waals surface area contributed by atoms with Gasteiger partial charge in [-0.15, -0.1) is 0 Å². The summed E-state index contributed by atoms with van der Waals surface area (Å²) in [6.07, 6.45) is 1.38. The van der Waals surface area contributed by atoms with Crippen molar-refractivity contribution in [3.05, 3.63) is 53.2 Å². The molecule has 2 aromatic rings. The molecule has 3 amide bonds. The van der Waals surface area contributed by atoms with Gasteiger partial charge in [-0.1, -0.05) is 23.7 Å². The number of amides is 3. The minimum atomic E-state index is -0.344. The quantitative estimate of drug-likeness (QED) is 0.810. The van der Waals surface area contributed by atoms with Gasteiger partial charge < -0.3 is 10.6 Å². The fourth-order valence-electron chi connectivity index (χ4n) is 1.68. The number of anilines is 2. The molecular weight excluding hydrogens is 304 g/mol. The monoisotopic (exact) mass is 318 g/mol. The molecule has 3 N–H and O–H groups in total. The second kappa shape index (κ2) is 7.42. The predicted octanol–water partition coefficient (Wildman–Crippen LogP) is 3.13. The van der Waals surface area contributed by atoms with Crippen molar-refractivity contribution >= 4 is 35.0 Å². The van der Waals surface area contributed by atoms with Gasteiger partial charge in [-0.3, -0.25) is 10.1 Å². The third kappa shape index (κ3) is 4.20. The summed E-state index contributed by atoms with van der Waals surface area (Å²) in [5, 5.41) is 8.29. The van der Waals surface area contributed by atoms with E-state index >= 15 is 0 Å². The molecule has 0 atom stereocenters. The molecule has 0 unspecified atom stereocenters. The van der Waals surface area contributed by atoms with Crippen LogP contribution in [0.25, 0.3) is 0 Å². The Morgan fingerprint density at radius 2 is 1.91 bits per heavy atom. The number of halogens is 1. The zero-order valence-corrected chi connectivity index (χ0v) is 12.6. The van der Waals surface area contributed by atoms with E-state index in [1.54, 1.807) is 36.4 Å². The molecule has 22 heavy (non-hydrogen) atoms. The zero-order chi connectivity index (χ0) is 15.9. The summed E-state index contributed by atoms with van der Waals surface area (Å²) >= 11 is 5.98. The maximum atomic E-state index is 12.1. The van der Waals surface area contributed by atoms with Gasteiger partial charge in [-0.05, 0) is 31.2 Å². The average Bonchev–Trinajstić information content (AvgIpc) is 2.50. The minimum Gasteiger partial charge on any atom is -0.338 e. The van der Waals surface area contributed by atoms with E-state index < -0.39 is 0 Å². The van der Waals surface area contributed by atoms with Crippen LogP contribution in [0, 0.1) is 0 Å². The number of rotatable bonds is 4. The summed E-state index contributed by atoms with van der Waals surface area (Å²) in [7, 11) is 0. The fourth-order valence-corrected chi connectivity index (χ4v) is 1.86. The first-order valence-corrected chi connectivity index (χ1v) is 7.04. The van der Waals surface area contributed by atoms with Crippen molar-refractivity contribution in [2.24, 2.45) is 0 Å². The molecule has 0 aliphatic rings. The summed E-state index contributed by atoms with van der Waals surface area (Å²) < 4.78 is 0. The first-order chi connectivity index (χ1) is 10.6. The highest BCUT2D eigenvalue weighted by atomic mass is 35.5. The Labute approximate surface area is 132 Å². The average molecular weight is 319 g/mol. The lowest BCUT2D eigenvalue weighted by atomic mass is 10.2.